The zero-order valence-corrected chi connectivity index (χ0v) is 20.5. The highest BCUT2D eigenvalue weighted by Gasteiger charge is 2.46. The molecule has 3 aromatic carbocycles. The molecule has 34 heavy (non-hydrogen) atoms. The Bertz CT molecular complexity index is 1570. The fourth-order valence-corrected chi connectivity index (χ4v) is 7.31. The first kappa shape index (κ1) is 20.2. The number of fused-ring (bicyclic) bond motifs is 5. The zero-order chi connectivity index (χ0) is 22.9. The van der Waals surface area contributed by atoms with Gasteiger partial charge in [0.2, 0.25) is 0 Å². The van der Waals surface area contributed by atoms with Crippen molar-refractivity contribution in [2.75, 3.05) is 4.90 Å². The lowest BCUT2D eigenvalue weighted by Crippen LogP contribution is -2.43. The lowest BCUT2D eigenvalue weighted by molar-refractivity contribution is 0.283. The van der Waals surface area contributed by atoms with E-state index >= 15 is 0 Å². The van der Waals surface area contributed by atoms with Gasteiger partial charge in [-0.25, -0.2) is 4.98 Å². The van der Waals surface area contributed by atoms with Gasteiger partial charge < -0.3 is 4.90 Å². The van der Waals surface area contributed by atoms with E-state index in [1.165, 1.54) is 46.6 Å². The fourth-order valence-electron chi connectivity index (χ4n) is 6.27. The van der Waals surface area contributed by atoms with Crippen molar-refractivity contribution in [2.45, 2.75) is 33.1 Å². The first-order valence-electron chi connectivity index (χ1n) is 12.3. The molecule has 3 heteroatoms. The second kappa shape index (κ2) is 7.39. The molecule has 1 aliphatic heterocycles. The minimum Gasteiger partial charge on any atom is -0.313 e. The van der Waals surface area contributed by atoms with Crippen LogP contribution in [0.5, 0.6) is 0 Å². The van der Waals surface area contributed by atoms with E-state index in [0.29, 0.717) is 5.92 Å². The molecule has 0 radical (unpaired) electrons. The highest BCUT2D eigenvalue weighted by atomic mass is 31.0. The van der Waals surface area contributed by atoms with Crippen molar-refractivity contribution >= 4 is 40.8 Å². The van der Waals surface area contributed by atoms with Gasteiger partial charge in [0, 0.05) is 33.1 Å². The smallest absolute Gasteiger partial charge is 0.0776 e. The molecular weight excluding hydrogens is 431 g/mol. The van der Waals surface area contributed by atoms with Crippen LogP contribution in [0.1, 0.15) is 37.8 Å². The molecule has 0 amide bonds. The van der Waals surface area contributed by atoms with Crippen LogP contribution >= 0.6 is 8.19 Å². The molecule has 0 spiro atoms. The standard InChI is InChI=1S/C31H27N2P/c1-31(2)23-11-5-7-13-27(23)33(30-22-10-4-3-9-20(22)15-17-24(30)31)21-16-18-29-26(19-21)32-25-12-6-8-14-28(25)34-29/h3-10,12-14,16,18-19,23H,11,15,17H2,1-2H3. The number of aromatic nitrogens is 1. The second-order valence-electron chi connectivity index (χ2n) is 10.2. The van der Waals surface area contributed by atoms with Crippen LogP contribution in [0.3, 0.4) is 0 Å². The Labute approximate surface area is 202 Å². The van der Waals surface area contributed by atoms with Gasteiger partial charge in [-0.3, -0.25) is 0 Å². The quantitative estimate of drug-likeness (QED) is 0.265. The monoisotopic (exact) mass is 458 g/mol. The second-order valence-corrected chi connectivity index (χ2v) is 11.4. The van der Waals surface area contributed by atoms with E-state index in [2.05, 4.69) is 104 Å². The van der Waals surface area contributed by atoms with Gasteiger partial charge in [0.25, 0.3) is 0 Å². The molecule has 2 nitrogen and oxygen atoms in total. The summed E-state index contributed by atoms with van der Waals surface area (Å²) in [6.45, 7) is 4.92. The summed E-state index contributed by atoms with van der Waals surface area (Å²) in [6.07, 6.45) is 10.3. The van der Waals surface area contributed by atoms with E-state index in [9.17, 15) is 0 Å². The van der Waals surface area contributed by atoms with Gasteiger partial charge in [0.15, 0.2) is 0 Å². The number of allylic oxidation sites excluding steroid dienone is 5. The summed E-state index contributed by atoms with van der Waals surface area (Å²) in [4.78, 5) is 7.63. The van der Waals surface area contributed by atoms with Gasteiger partial charge in [-0.1, -0.05) is 70.6 Å². The first-order chi connectivity index (χ1) is 16.6. The van der Waals surface area contributed by atoms with Crippen LogP contribution in [0.2, 0.25) is 0 Å². The Kier molecular flexibility index (Phi) is 4.38. The molecule has 0 saturated heterocycles. The summed E-state index contributed by atoms with van der Waals surface area (Å²) in [5, 5.41) is 2.57. The molecule has 4 aromatic rings. The molecular formula is C31H27N2P. The topological polar surface area (TPSA) is 16.1 Å². The van der Waals surface area contributed by atoms with E-state index < -0.39 is 0 Å². The van der Waals surface area contributed by atoms with E-state index in [1.54, 1.807) is 5.57 Å². The number of anilines is 1. The van der Waals surface area contributed by atoms with Crippen molar-refractivity contribution < 1.29 is 0 Å². The van der Waals surface area contributed by atoms with Crippen molar-refractivity contribution in [1.29, 1.82) is 0 Å². The van der Waals surface area contributed by atoms with Gasteiger partial charge in [0.1, 0.15) is 0 Å². The molecule has 7 rings (SSSR count). The average Bonchev–Trinajstić information content (AvgIpc) is 2.87. The highest BCUT2D eigenvalue weighted by Crippen LogP contribution is 2.56. The van der Waals surface area contributed by atoms with E-state index in [1.807, 2.05) is 0 Å². The number of para-hydroxylation sites is 1. The number of aryl methyl sites for hydroxylation is 1. The lowest BCUT2D eigenvalue weighted by Gasteiger charge is -2.51. The maximum Gasteiger partial charge on any atom is 0.0776 e. The van der Waals surface area contributed by atoms with Crippen LogP contribution in [-0.2, 0) is 6.42 Å². The van der Waals surface area contributed by atoms with Crippen molar-refractivity contribution in [1.82, 2.24) is 4.98 Å². The van der Waals surface area contributed by atoms with Crippen LogP contribution in [0.4, 0.5) is 5.69 Å². The number of benzene rings is 3. The summed E-state index contributed by atoms with van der Waals surface area (Å²) in [7, 11) is 1.24. The van der Waals surface area contributed by atoms with E-state index in [-0.39, 0.29) is 5.41 Å². The Morgan fingerprint density at radius 1 is 0.912 bits per heavy atom. The van der Waals surface area contributed by atoms with Crippen molar-refractivity contribution in [2.24, 2.45) is 11.3 Å². The van der Waals surface area contributed by atoms with E-state index in [4.69, 9.17) is 4.98 Å². The minimum atomic E-state index is 0.131. The SMILES string of the molecule is CC1(C)C2=C(c3ccccc3CC2)N(c2ccc3pc4ccccc4nc3c2)C2=CC=CCC21. The lowest BCUT2D eigenvalue weighted by atomic mass is 9.62. The number of hydrogen-bond acceptors (Lipinski definition) is 2. The van der Waals surface area contributed by atoms with Gasteiger partial charge in [0.05, 0.1) is 16.7 Å². The van der Waals surface area contributed by atoms with Crippen LogP contribution in [0, 0.1) is 11.3 Å². The Hall–Kier alpha value is -3.22. The molecule has 3 aliphatic rings. The summed E-state index contributed by atoms with van der Waals surface area (Å²) in [6, 6.07) is 24.4. The van der Waals surface area contributed by atoms with E-state index in [0.717, 1.165) is 30.3 Å². The van der Waals surface area contributed by atoms with Gasteiger partial charge >= 0.3 is 0 Å². The predicted octanol–water partition coefficient (Wildman–Crippen LogP) is 8.63. The number of rotatable bonds is 1. The van der Waals surface area contributed by atoms with Crippen LogP contribution in [0.25, 0.3) is 27.0 Å². The molecule has 1 aromatic heterocycles. The minimum absolute atomic E-state index is 0.131. The van der Waals surface area contributed by atoms with Crippen molar-refractivity contribution in [3.05, 3.63) is 107 Å². The maximum absolute atomic E-state index is 5.06. The van der Waals surface area contributed by atoms with Crippen LogP contribution in [0.15, 0.2) is 96.2 Å². The number of hydrogen-bond donors (Lipinski definition) is 0. The third-order valence-electron chi connectivity index (χ3n) is 8.05. The van der Waals surface area contributed by atoms with Crippen molar-refractivity contribution in [3.8, 4) is 0 Å². The molecule has 2 heterocycles. The molecule has 166 valence electrons. The van der Waals surface area contributed by atoms with Gasteiger partial charge in [-0.15, -0.1) is 0 Å². The molecule has 0 bridgehead atoms. The van der Waals surface area contributed by atoms with Gasteiger partial charge in [-0.05, 0) is 72.2 Å². The summed E-state index contributed by atoms with van der Waals surface area (Å²) < 4.78 is 0. The summed E-state index contributed by atoms with van der Waals surface area (Å²) in [5.41, 5.74) is 10.8. The third-order valence-corrected chi connectivity index (χ3v) is 9.28. The molecule has 1 unspecified atom stereocenters. The Morgan fingerprint density at radius 2 is 1.74 bits per heavy atom. The Morgan fingerprint density at radius 3 is 2.68 bits per heavy atom. The third kappa shape index (κ3) is 2.88. The fraction of sp³-hybridized carbons (Fsp3) is 0.226. The summed E-state index contributed by atoms with van der Waals surface area (Å²) >= 11 is 0. The summed E-state index contributed by atoms with van der Waals surface area (Å²) in [5.74, 6) is 0.480. The zero-order valence-electron chi connectivity index (χ0n) is 19.6. The van der Waals surface area contributed by atoms with Crippen LogP contribution in [-0.4, -0.2) is 4.98 Å². The first-order valence-corrected chi connectivity index (χ1v) is 13.2. The van der Waals surface area contributed by atoms with Crippen LogP contribution < -0.4 is 4.90 Å². The van der Waals surface area contributed by atoms with Crippen molar-refractivity contribution in [3.63, 3.8) is 0 Å². The molecule has 1 atom stereocenters. The molecule has 0 saturated carbocycles. The molecule has 0 fully saturated rings. The van der Waals surface area contributed by atoms with Gasteiger partial charge in [-0.2, -0.15) is 0 Å². The largest absolute Gasteiger partial charge is 0.313 e. The normalized spacial score (nSPS) is 20.9. The molecule has 0 N–H and O–H groups in total. The Balaban J connectivity index is 1.50. The number of nitrogens with zero attached hydrogens (tertiary/aromatic N) is 2. The molecule has 2 aliphatic carbocycles. The highest BCUT2D eigenvalue weighted by molar-refractivity contribution is 7.42. The average molecular weight is 459 g/mol. The predicted molar refractivity (Wildman–Crippen MR) is 145 cm³/mol. The maximum atomic E-state index is 5.06.